The Labute approximate surface area is 56.9 Å². The Bertz CT molecular complexity index is 88.9. The zero-order valence-electron chi connectivity index (χ0n) is 6.48. The molecule has 0 unspecified atom stereocenters. The van der Waals surface area contributed by atoms with E-state index in [4.69, 9.17) is 0 Å². The Morgan fingerprint density at radius 3 is 2.67 bits per heavy atom. The molecule has 0 aromatic carbocycles. The Morgan fingerprint density at radius 1 is 1.56 bits per heavy atom. The molecule has 0 bridgehead atoms. The van der Waals surface area contributed by atoms with Crippen LogP contribution in [0.4, 0.5) is 0 Å². The number of oxime groups is 1. The highest BCUT2D eigenvalue weighted by molar-refractivity contribution is 5.81. The summed E-state index contributed by atoms with van der Waals surface area (Å²) in [4.78, 5) is 4.59. The number of nitrogens with zero attached hydrogens (tertiary/aromatic N) is 1. The largest absolute Gasteiger partial charge is 0.399 e. The number of hydrogen-bond acceptors (Lipinski definition) is 2. The van der Waals surface area contributed by atoms with Crippen molar-refractivity contribution in [3.8, 4) is 0 Å². The van der Waals surface area contributed by atoms with Gasteiger partial charge in [0.1, 0.15) is 7.11 Å². The lowest BCUT2D eigenvalue weighted by molar-refractivity contribution is 0.212. The molecule has 0 spiro atoms. The molecule has 54 valence electrons. The quantitative estimate of drug-likeness (QED) is 0.421. The molecular weight excluding hydrogens is 114 g/mol. The smallest absolute Gasteiger partial charge is 0.106 e. The summed E-state index contributed by atoms with van der Waals surface area (Å²) in [6, 6.07) is 0. The zero-order chi connectivity index (χ0) is 7.11. The standard InChI is InChI=1S/C7H15NO/c1-4-5-6-7(2)8-9-3/h4-6H2,1-3H3/b8-7+. The molecule has 0 aromatic rings. The maximum absolute atomic E-state index is 4.59. The topological polar surface area (TPSA) is 21.6 Å². The van der Waals surface area contributed by atoms with Crippen molar-refractivity contribution in [2.24, 2.45) is 5.16 Å². The molecule has 9 heavy (non-hydrogen) atoms. The van der Waals surface area contributed by atoms with Gasteiger partial charge in [-0.3, -0.25) is 0 Å². The second kappa shape index (κ2) is 5.60. The van der Waals surface area contributed by atoms with Crippen LogP contribution in [0.25, 0.3) is 0 Å². The first-order valence-electron chi connectivity index (χ1n) is 3.38. The molecule has 0 aliphatic heterocycles. The molecule has 0 heterocycles. The third-order valence-corrected chi connectivity index (χ3v) is 1.14. The van der Waals surface area contributed by atoms with Crippen molar-refractivity contribution in [2.45, 2.75) is 33.1 Å². The van der Waals surface area contributed by atoms with Crippen molar-refractivity contribution < 1.29 is 4.84 Å². The van der Waals surface area contributed by atoms with Crippen LogP contribution >= 0.6 is 0 Å². The van der Waals surface area contributed by atoms with Crippen molar-refractivity contribution in [3.05, 3.63) is 0 Å². The minimum absolute atomic E-state index is 1.06. The maximum atomic E-state index is 4.59. The number of unbranched alkanes of at least 4 members (excludes halogenated alkanes) is 1. The highest BCUT2D eigenvalue weighted by atomic mass is 16.6. The fourth-order valence-electron chi connectivity index (χ4n) is 0.634. The highest BCUT2D eigenvalue weighted by Gasteiger charge is 1.88. The summed E-state index contributed by atoms with van der Waals surface area (Å²) in [5, 5.41) is 3.78. The van der Waals surface area contributed by atoms with Crippen molar-refractivity contribution in [2.75, 3.05) is 7.11 Å². The van der Waals surface area contributed by atoms with Crippen molar-refractivity contribution in [1.29, 1.82) is 0 Å². The summed E-state index contributed by atoms with van der Waals surface area (Å²) in [6.07, 6.45) is 3.49. The van der Waals surface area contributed by atoms with Gasteiger partial charge in [-0.1, -0.05) is 18.5 Å². The molecule has 0 aliphatic rings. The average Bonchev–Trinajstić information content (AvgIpc) is 1.85. The van der Waals surface area contributed by atoms with E-state index < -0.39 is 0 Å². The maximum Gasteiger partial charge on any atom is 0.106 e. The minimum Gasteiger partial charge on any atom is -0.399 e. The van der Waals surface area contributed by atoms with Crippen molar-refractivity contribution in [1.82, 2.24) is 0 Å². The zero-order valence-corrected chi connectivity index (χ0v) is 6.48. The first-order chi connectivity index (χ1) is 4.31. The van der Waals surface area contributed by atoms with Crippen LogP contribution < -0.4 is 0 Å². The van der Waals surface area contributed by atoms with Gasteiger partial charge in [-0.25, -0.2) is 0 Å². The molecule has 2 nitrogen and oxygen atoms in total. The van der Waals surface area contributed by atoms with E-state index >= 15 is 0 Å². The molecule has 0 amide bonds. The molecule has 0 saturated carbocycles. The van der Waals surface area contributed by atoms with Gasteiger partial charge < -0.3 is 4.84 Å². The first kappa shape index (κ1) is 8.47. The second-order valence-electron chi connectivity index (χ2n) is 2.11. The SMILES string of the molecule is CCCC/C(C)=N/OC. The van der Waals surface area contributed by atoms with Gasteiger partial charge >= 0.3 is 0 Å². The van der Waals surface area contributed by atoms with E-state index in [0.717, 1.165) is 12.1 Å². The van der Waals surface area contributed by atoms with Gasteiger partial charge in [-0.2, -0.15) is 0 Å². The van der Waals surface area contributed by atoms with Crippen molar-refractivity contribution in [3.63, 3.8) is 0 Å². The van der Waals surface area contributed by atoms with Crippen LogP contribution in [-0.2, 0) is 4.84 Å². The Kier molecular flexibility index (Phi) is 5.27. The predicted molar refractivity (Wildman–Crippen MR) is 39.6 cm³/mol. The van der Waals surface area contributed by atoms with E-state index in [9.17, 15) is 0 Å². The van der Waals surface area contributed by atoms with Gasteiger partial charge in [0.2, 0.25) is 0 Å². The molecule has 0 rings (SSSR count). The average molecular weight is 129 g/mol. The summed E-state index contributed by atoms with van der Waals surface area (Å²) in [7, 11) is 1.58. The van der Waals surface area contributed by atoms with Crippen LogP contribution in [0.15, 0.2) is 5.16 Å². The molecule has 2 heteroatoms. The van der Waals surface area contributed by atoms with E-state index in [1.807, 2.05) is 6.92 Å². The summed E-state index contributed by atoms with van der Waals surface area (Å²) >= 11 is 0. The number of rotatable bonds is 4. The molecule has 0 aromatic heterocycles. The summed E-state index contributed by atoms with van der Waals surface area (Å²) < 4.78 is 0. The first-order valence-corrected chi connectivity index (χ1v) is 3.38. The van der Waals surface area contributed by atoms with Crippen LogP contribution in [0.5, 0.6) is 0 Å². The Morgan fingerprint density at radius 2 is 2.22 bits per heavy atom. The highest BCUT2D eigenvalue weighted by Crippen LogP contribution is 1.95. The van der Waals surface area contributed by atoms with Gasteiger partial charge in [-0.15, -0.1) is 0 Å². The lowest BCUT2D eigenvalue weighted by Crippen LogP contribution is -1.90. The van der Waals surface area contributed by atoms with Crippen LogP contribution in [0.3, 0.4) is 0 Å². The molecular formula is C7H15NO. The van der Waals surface area contributed by atoms with Gasteiger partial charge in [-0.05, 0) is 19.8 Å². The van der Waals surface area contributed by atoms with Crippen LogP contribution in [-0.4, -0.2) is 12.8 Å². The van der Waals surface area contributed by atoms with Gasteiger partial charge in [0.15, 0.2) is 0 Å². The van der Waals surface area contributed by atoms with Crippen LogP contribution in [0.1, 0.15) is 33.1 Å². The molecule has 0 N–H and O–H groups in total. The number of hydrogen-bond donors (Lipinski definition) is 0. The van der Waals surface area contributed by atoms with E-state index in [2.05, 4.69) is 16.9 Å². The lowest BCUT2D eigenvalue weighted by Gasteiger charge is -1.95. The monoisotopic (exact) mass is 129 g/mol. The second-order valence-corrected chi connectivity index (χ2v) is 2.11. The molecule has 0 aliphatic carbocycles. The molecule has 0 fully saturated rings. The van der Waals surface area contributed by atoms with Gasteiger partial charge in [0.05, 0.1) is 5.71 Å². The summed E-state index contributed by atoms with van der Waals surface area (Å²) in [5.74, 6) is 0. The fourth-order valence-corrected chi connectivity index (χ4v) is 0.634. The summed E-state index contributed by atoms with van der Waals surface area (Å²) in [6.45, 7) is 4.15. The fraction of sp³-hybridized carbons (Fsp3) is 0.857. The third-order valence-electron chi connectivity index (χ3n) is 1.14. The van der Waals surface area contributed by atoms with Gasteiger partial charge in [0, 0.05) is 0 Å². The Balaban J connectivity index is 3.25. The summed E-state index contributed by atoms with van der Waals surface area (Å²) in [5.41, 5.74) is 1.08. The van der Waals surface area contributed by atoms with E-state index in [1.165, 1.54) is 12.8 Å². The van der Waals surface area contributed by atoms with E-state index in [-0.39, 0.29) is 0 Å². The van der Waals surface area contributed by atoms with Crippen LogP contribution in [0, 0.1) is 0 Å². The minimum atomic E-state index is 1.06. The van der Waals surface area contributed by atoms with E-state index in [1.54, 1.807) is 7.11 Å². The normalized spacial score (nSPS) is 11.7. The Hall–Kier alpha value is -0.530. The van der Waals surface area contributed by atoms with Crippen LogP contribution in [0.2, 0.25) is 0 Å². The van der Waals surface area contributed by atoms with Gasteiger partial charge in [0.25, 0.3) is 0 Å². The van der Waals surface area contributed by atoms with E-state index in [0.29, 0.717) is 0 Å². The lowest BCUT2D eigenvalue weighted by atomic mass is 10.2. The van der Waals surface area contributed by atoms with Crippen molar-refractivity contribution >= 4 is 5.71 Å². The molecule has 0 saturated heterocycles. The molecule has 0 radical (unpaired) electrons. The predicted octanol–water partition coefficient (Wildman–Crippen LogP) is 2.20. The third kappa shape index (κ3) is 5.34. The molecule has 0 atom stereocenters.